The van der Waals surface area contributed by atoms with Crippen LogP contribution in [0.4, 0.5) is 17.1 Å². The van der Waals surface area contributed by atoms with Gasteiger partial charge in [0.1, 0.15) is 10.1 Å². The van der Waals surface area contributed by atoms with Gasteiger partial charge >= 0.3 is 0 Å². The first kappa shape index (κ1) is 39.7. The monoisotopic (exact) mass is 728 g/mol. The molecule has 0 aromatic heterocycles. The van der Waals surface area contributed by atoms with Crippen LogP contribution >= 0.6 is 0 Å². The van der Waals surface area contributed by atoms with Crippen LogP contribution in [0.25, 0.3) is 5.57 Å². The lowest BCUT2D eigenvalue weighted by Gasteiger charge is -2.25. The molecule has 0 radical (unpaired) electrons. The molecule has 4 aromatic rings. The molecule has 1 aliphatic rings. The second kappa shape index (κ2) is 15.1. The molecule has 0 fully saturated rings. The Labute approximate surface area is 318 Å². The van der Waals surface area contributed by atoms with Crippen molar-refractivity contribution < 1.29 is 18.0 Å². The molecule has 0 spiro atoms. The Balaban J connectivity index is 1.82. The molecule has 5 nitrogen and oxygen atoms in total. The van der Waals surface area contributed by atoms with Crippen LogP contribution < -0.4 is 10.3 Å². The van der Waals surface area contributed by atoms with E-state index in [1.807, 2.05) is 19.9 Å². The van der Waals surface area contributed by atoms with Gasteiger partial charge < -0.3 is 9.87 Å². The average Bonchev–Trinajstić information content (AvgIpc) is 3.07. The van der Waals surface area contributed by atoms with Crippen molar-refractivity contribution in [3.63, 3.8) is 0 Å². The highest BCUT2D eigenvalue weighted by molar-refractivity contribution is 7.85. The SMILES string of the molecule is Cc1cc(C)c(C(=C2C=CC(=[NH+]c3c(C)cc(C)c(C)c3C)C(C(C)C)=C2)c2ccc(Nc3c(C)cc(C)c(C)c3C)c(C(C)C)c2)c(S(=O)(=O)[O-])c1. The number of allylic oxidation sites excluding steroid dienone is 5. The molecule has 0 aliphatic heterocycles. The molecule has 1 aliphatic carbocycles. The van der Waals surface area contributed by atoms with Gasteiger partial charge in [-0.15, -0.1) is 0 Å². The quantitative estimate of drug-likeness (QED) is 0.177. The van der Waals surface area contributed by atoms with Crippen LogP contribution in [0, 0.1) is 75.2 Å². The van der Waals surface area contributed by atoms with Crippen LogP contribution in [0.1, 0.15) is 106 Å². The lowest BCUT2D eigenvalue weighted by atomic mass is 9.83. The maximum absolute atomic E-state index is 13.0. The van der Waals surface area contributed by atoms with Crippen molar-refractivity contribution in [1.29, 1.82) is 0 Å². The van der Waals surface area contributed by atoms with Gasteiger partial charge in [0.05, 0.1) is 4.90 Å². The van der Waals surface area contributed by atoms with Crippen LogP contribution in [0.3, 0.4) is 0 Å². The van der Waals surface area contributed by atoms with E-state index in [2.05, 4.69) is 142 Å². The van der Waals surface area contributed by atoms with Crippen molar-refractivity contribution in [2.45, 2.75) is 108 Å². The summed E-state index contributed by atoms with van der Waals surface area (Å²) in [5.74, 6) is 0.296. The molecule has 4 aromatic carbocycles. The summed E-state index contributed by atoms with van der Waals surface area (Å²) in [6.45, 7) is 29.6. The average molecular weight is 729 g/mol. The molecule has 0 atom stereocenters. The molecule has 0 bridgehead atoms. The largest absolute Gasteiger partial charge is 0.744 e. The van der Waals surface area contributed by atoms with Crippen LogP contribution in [-0.4, -0.2) is 18.7 Å². The third-order valence-corrected chi connectivity index (χ3v) is 12.0. The fraction of sp³-hybridized carbons (Fsp3) is 0.340. The van der Waals surface area contributed by atoms with Crippen LogP contribution in [-0.2, 0) is 10.1 Å². The predicted molar refractivity (Wildman–Crippen MR) is 222 cm³/mol. The van der Waals surface area contributed by atoms with Gasteiger partial charge in [-0.1, -0.05) is 45.9 Å². The molecule has 0 saturated carbocycles. The maximum atomic E-state index is 13.0. The Bertz CT molecular complexity index is 2390. The Morgan fingerprint density at radius 2 is 1.30 bits per heavy atom. The van der Waals surface area contributed by atoms with Gasteiger partial charge in [0.15, 0.2) is 0 Å². The van der Waals surface area contributed by atoms with Gasteiger partial charge in [-0.05, 0) is 184 Å². The van der Waals surface area contributed by atoms with Gasteiger partial charge in [0, 0.05) is 39.7 Å². The number of aryl methyl sites for hydroxylation is 6. The summed E-state index contributed by atoms with van der Waals surface area (Å²) in [6, 6.07) is 14.2. The second-order valence-corrected chi connectivity index (χ2v) is 17.1. The molecular formula is C47H56N2O3S. The van der Waals surface area contributed by atoms with E-state index in [-0.39, 0.29) is 16.7 Å². The summed E-state index contributed by atoms with van der Waals surface area (Å²) in [7, 11) is -4.82. The van der Waals surface area contributed by atoms with Gasteiger partial charge in [-0.25, -0.2) is 13.4 Å². The lowest BCUT2D eigenvalue weighted by Crippen LogP contribution is -2.67. The van der Waals surface area contributed by atoms with Crippen molar-refractivity contribution in [2.75, 3.05) is 5.32 Å². The van der Waals surface area contributed by atoms with E-state index < -0.39 is 10.1 Å². The van der Waals surface area contributed by atoms with Gasteiger partial charge in [0.25, 0.3) is 0 Å². The summed E-state index contributed by atoms with van der Waals surface area (Å²) >= 11 is 0. The van der Waals surface area contributed by atoms with E-state index in [4.69, 9.17) is 0 Å². The highest BCUT2D eigenvalue weighted by Gasteiger charge is 2.26. The third kappa shape index (κ3) is 7.90. The van der Waals surface area contributed by atoms with E-state index in [9.17, 15) is 13.0 Å². The van der Waals surface area contributed by atoms with Gasteiger partial charge in [-0.3, -0.25) is 0 Å². The number of nitrogens with one attached hydrogen (secondary N) is 2. The Morgan fingerprint density at radius 3 is 1.91 bits per heavy atom. The van der Waals surface area contributed by atoms with E-state index in [1.54, 1.807) is 0 Å². The van der Waals surface area contributed by atoms with Crippen LogP contribution in [0.15, 0.2) is 76.7 Å². The molecule has 53 heavy (non-hydrogen) atoms. The van der Waals surface area contributed by atoms with Crippen LogP contribution in [0.5, 0.6) is 0 Å². The summed E-state index contributed by atoms with van der Waals surface area (Å²) in [5, 5.41) is 3.77. The Hall–Kier alpha value is -4.52. The zero-order valence-electron chi connectivity index (χ0n) is 34.1. The van der Waals surface area contributed by atoms with Crippen molar-refractivity contribution >= 4 is 38.5 Å². The summed E-state index contributed by atoms with van der Waals surface area (Å²) < 4.78 is 39.1. The minimum atomic E-state index is -4.82. The number of hydrogen-bond acceptors (Lipinski definition) is 4. The summed E-state index contributed by atoms with van der Waals surface area (Å²) in [4.78, 5) is 3.57. The topological polar surface area (TPSA) is 83.2 Å². The Morgan fingerprint density at radius 1 is 0.679 bits per heavy atom. The van der Waals surface area contributed by atoms with E-state index in [1.165, 1.54) is 50.6 Å². The highest BCUT2D eigenvalue weighted by atomic mass is 32.2. The number of rotatable bonds is 8. The molecule has 0 saturated heterocycles. The minimum absolute atomic E-state index is 0.148. The summed E-state index contributed by atoms with van der Waals surface area (Å²) in [6.07, 6.45) is 6.31. The molecule has 2 N–H and O–H groups in total. The Kier molecular flexibility index (Phi) is 11.3. The molecule has 0 unspecified atom stereocenters. The lowest BCUT2D eigenvalue weighted by molar-refractivity contribution is -0.353. The molecule has 0 heterocycles. The molecule has 5 rings (SSSR count). The first-order valence-electron chi connectivity index (χ1n) is 18.6. The van der Waals surface area contributed by atoms with Crippen molar-refractivity contribution in [3.8, 4) is 0 Å². The first-order chi connectivity index (χ1) is 24.7. The van der Waals surface area contributed by atoms with Crippen molar-refractivity contribution in [1.82, 2.24) is 0 Å². The normalized spacial score (nSPS) is 15.1. The van der Waals surface area contributed by atoms with E-state index >= 15 is 0 Å². The smallest absolute Gasteiger partial charge is 0.210 e. The molecular weight excluding hydrogens is 673 g/mol. The predicted octanol–water partition coefficient (Wildman–Crippen LogP) is 10.3. The van der Waals surface area contributed by atoms with Crippen molar-refractivity contribution in [2.24, 2.45) is 5.92 Å². The summed E-state index contributed by atoms with van der Waals surface area (Å²) in [5.41, 5.74) is 20.5. The van der Waals surface area contributed by atoms with E-state index in [0.717, 1.165) is 61.7 Å². The van der Waals surface area contributed by atoms with Gasteiger partial charge in [-0.2, -0.15) is 0 Å². The molecule has 6 heteroatoms. The maximum Gasteiger partial charge on any atom is 0.210 e. The molecule has 278 valence electrons. The zero-order valence-corrected chi connectivity index (χ0v) is 34.9. The zero-order chi connectivity index (χ0) is 39.3. The fourth-order valence-electron chi connectivity index (χ4n) is 7.74. The fourth-order valence-corrected chi connectivity index (χ4v) is 8.59. The van der Waals surface area contributed by atoms with Gasteiger partial charge in [0.2, 0.25) is 11.4 Å². The highest BCUT2D eigenvalue weighted by Crippen LogP contribution is 2.41. The number of hydrogen-bond donors (Lipinski definition) is 2. The molecule has 0 amide bonds. The van der Waals surface area contributed by atoms with E-state index in [0.29, 0.717) is 5.56 Å². The van der Waals surface area contributed by atoms with Crippen LogP contribution in [0.2, 0.25) is 0 Å². The second-order valence-electron chi connectivity index (χ2n) is 15.7. The third-order valence-electron chi connectivity index (χ3n) is 11.1. The first-order valence-corrected chi connectivity index (χ1v) is 20.0. The minimum Gasteiger partial charge on any atom is -0.744 e. The standard InChI is InChI=1S/C47H56N2O3S/c1-25(2)39-23-37(15-17-41(39)48-46-31(9)21-28(6)33(11)35(46)13)45(44-30(8)19-27(5)20-43(44)53(50,51)52)38-16-18-42(40(24-38)26(3)4)49-47-32(10)22-29(7)34(12)36(47)14/h15-26,48H,1-14H3,(H,50,51,52). The number of anilines is 2. The van der Waals surface area contributed by atoms with Crippen molar-refractivity contribution in [3.05, 3.63) is 144 Å². The number of benzene rings is 4.